The maximum Gasteiger partial charge on any atom is -1.00 e. The Bertz CT molecular complexity index is 1620. The van der Waals surface area contributed by atoms with Gasteiger partial charge in [-0.05, 0) is 0 Å². The van der Waals surface area contributed by atoms with Gasteiger partial charge in [0.2, 0.25) is 0 Å². The van der Waals surface area contributed by atoms with Gasteiger partial charge in [0.15, 0.2) is 0 Å². The molecular formula is C36H44ClS2SiZr. The van der Waals surface area contributed by atoms with Gasteiger partial charge >= 0.3 is 260 Å². The number of hydrogen-bond acceptors (Lipinski definition) is 2. The molecule has 0 saturated heterocycles. The molecule has 0 aliphatic heterocycles. The second-order valence-corrected chi connectivity index (χ2v) is 32.5. The van der Waals surface area contributed by atoms with E-state index in [1.165, 1.54) is 59.1 Å². The van der Waals surface area contributed by atoms with Crippen molar-refractivity contribution in [2.75, 3.05) is 0 Å². The zero-order valence-corrected chi connectivity index (χ0v) is 31.9. The number of halogens is 1. The third kappa shape index (κ3) is 5.31. The molecule has 0 amide bonds. The van der Waals surface area contributed by atoms with Crippen LogP contribution in [0.3, 0.4) is 0 Å². The molecule has 215 valence electrons. The van der Waals surface area contributed by atoms with Crippen molar-refractivity contribution in [1.29, 1.82) is 0 Å². The maximum atomic E-state index is 2.68. The van der Waals surface area contributed by atoms with Gasteiger partial charge in [-0.15, -0.1) is 0 Å². The van der Waals surface area contributed by atoms with Gasteiger partial charge in [0, 0.05) is 0 Å². The van der Waals surface area contributed by atoms with E-state index in [1.54, 1.807) is 53.9 Å². The van der Waals surface area contributed by atoms with Crippen molar-refractivity contribution >= 4 is 59.4 Å². The summed E-state index contributed by atoms with van der Waals surface area (Å²) in [5, 5.41) is 3.16. The Balaban J connectivity index is 0.00000337. The Morgan fingerprint density at radius 3 is 1.46 bits per heavy atom. The quantitative estimate of drug-likeness (QED) is 0.162. The van der Waals surface area contributed by atoms with Crippen LogP contribution >= 0.6 is 22.7 Å². The van der Waals surface area contributed by atoms with Gasteiger partial charge in [-0.1, -0.05) is 0 Å². The predicted octanol–water partition coefficient (Wildman–Crippen LogP) is 9.07. The number of rotatable bonds is 8. The molecule has 0 spiro atoms. The van der Waals surface area contributed by atoms with Crippen LogP contribution in [0.2, 0.25) is 13.1 Å². The van der Waals surface area contributed by atoms with Crippen molar-refractivity contribution in [1.82, 2.24) is 0 Å². The Labute approximate surface area is 270 Å². The standard InChI is InChI=1S/2C17H19S.C2H6Si.ClH.Zr/c2*1-4-5-6-13-7-8-14-15-9-11(2)12(3)17(15)18-16(14)10-13;1-3-2;;/h2*7-10H,4-6H2,1-3H3;1-2H3;1H;/q;;;;+1/p-1. The third-order valence-corrected chi connectivity index (χ3v) is 32.0. The van der Waals surface area contributed by atoms with Crippen molar-refractivity contribution in [2.24, 2.45) is 0 Å². The Morgan fingerprint density at radius 1 is 0.683 bits per heavy atom. The summed E-state index contributed by atoms with van der Waals surface area (Å²) in [6, 6.07) is 15.0. The summed E-state index contributed by atoms with van der Waals surface area (Å²) >= 11 is 2.10. The minimum absolute atomic E-state index is 0. The van der Waals surface area contributed by atoms with Gasteiger partial charge in [0.1, 0.15) is 0 Å². The zero-order valence-electron chi connectivity index (χ0n) is 26.1. The summed E-state index contributed by atoms with van der Waals surface area (Å²) in [7, 11) is 0. The van der Waals surface area contributed by atoms with E-state index in [-0.39, 0.29) is 12.4 Å². The first kappa shape index (κ1) is 31.6. The van der Waals surface area contributed by atoms with Gasteiger partial charge in [-0.25, -0.2) is 0 Å². The number of fused-ring (bicyclic) bond motifs is 6. The number of hydrogen-bond donors (Lipinski definition) is 0. The largest absolute Gasteiger partial charge is 1.00 e. The summed E-state index contributed by atoms with van der Waals surface area (Å²) < 4.78 is 4.51. The number of allylic oxidation sites excluding steroid dienone is 4. The van der Waals surface area contributed by atoms with Crippen LogP contribution in [0, 0.1) is 0 Å². The van der Waals surface area contributed by atoms with E-state index < -0.39 is 25.8 Å². The summed E-state index contributed by atoms with van der Waals surface area (Å²) in [6.45, 7) is 19.8. The first-order valence-corrected chi connectivity index (χ1v) is 26.1. The van der Waals surface area contributed by atoms with Crippen LogP contribution in [0.1, 0.15) is 106 Å². The molecule has 41 heavy (non-hydrogen) atoms. The first-order valence-electron chi connectivity index (χ1n) is 15.4. The average Bonchev–Trinajstić information content (AvgIpc) is 3.63. The van der Waals surface area contributed by atoms with Crippen LogP contribution in [0.5, 0.6) is 0 Å². The third-order valence-electron chi connectivity index (χ3n) is 9.73. The fourth-order valence-electron chi connectivity index (χ4n) is 7.27. The topological polar surface area (TPSA) is 0 Å². The predicted molar refractivity (Wildman–Crippen MR) is 180 cm³/mol. The van der Waals surface area contributed by atoms with Gasteiger partial charge < -0.3 is 12.4 Å². The van der Waals surface area contributed by atoms with E-state index in [0.717, 1.165) is 0 Å². The molecule has 2 aliphatic rings. The fraction of sp³-hybridized carbons (Fsp3) is 0.444. The molecule has 0 bridgehead atoms. The number of benzene rings is 2. The summed E-state index contributed by atoms with van der Waals surface area (Å²) in [5.41, 5.74) is 12.8. The zero-order chi connectivity index (χ0) is 28.3. The van der Waals surface area contributed by atoms with Gasteiger partial charge in [-0.3, -0.25) is 0 Å². The van der Waals surface area contributed by atoms with Gasteiger partial charge in [0.05, 0.1) is 0 Å². The van der Waals surface area contributed by atoms with Crippen molar-refractivity contribution in [3.63, 3.8) is 0 Å². The monoisotopic (exact) mass is 693 g/mol. The van der Waals surface area contributed by atoms with Crippen molar-refractivity contribution in [2.45, 2.75) is 100 Å². The summed E-state index contributed by atoms with van der Waals surface area (Å²) in [4.78, 5) is 3.25. The Morgan fingerprint density at radius 2 is 1.10 bits per heavy atom. The van der Waals surface area contributed by atoms with Crippen LogP contribution in [0.25, 0.3) is 31.3 Å². The minimum atomic E-state index is -2.09. The summed E-state index contributed by atoms with van der Waals surface area (Å²) in [5.74, 6) is 0. The molecule has 0 nitrogen and oxygen atoms in total. The van der Waals surface area contributed by atoms with Crippen LogP contribution in [0.4, 0.5) is 0 Å². The molecule has 4 aromatic rings. The van der Waals surface area contributed by atoms with Crippen molar-refractivity contribution in [3.8, 4) is 0 Å². The second kappa shape index (κ2) is 12.7. The van der Waals surface area contributed by atoms with E-state index in [0.29, 0.717) is 7.25 Å². The van der Waals surface area contributed by atoms with Gasteiger partial charge in [-0.2, -0.15) is 0 Å². The molecule has 2 aliphatic carbocycles. The molecular weight excluding hydrogens is 651 g/mol. The number of unbranched alkanes of at least 4 members (excludes halogenated alkanes) is 2. The molecule has 2 aromatic carbocycles. The number of thiophene rings is 2. The molecule has 2 aromatic heterocycles. The fourth-order valence-corrected chi connectivity index (χ4v) is 31.6. The SMILES string of the molecule is CCCCc1ccc2c3c(sc2c1)C(C)=C(C)[CH]3[Zr+]([CH]1C(C)=C(C)c2sc3cc(CCCC)ccc3c21)=[Si](C)C.[Cl-]. The minimum Gasteiger partial charge on any atom is -1.00 e. The first-order chi connectivity index (χ1) is 19.3. The molecule has 2 heterocycles. The Kier molecular flexibility index (Phi) is 9.79. The summed E-state index contributed by atoms with van der Waals surface area (Å²) in [6.07, 6.45) is 7.53. The molecule has 0 saturated carbocycles. The average molecular weight is 696 g/mol. The van der Waals surface area contributed by atoms with Gasteiger partial charge in [0.25, 0.3) is 0 Å². The maximum absolute atomic E-state index is 2.68. The van der Waals surface area contributed by atoms with E-state index in [2.05, 4.69) is 114 Å². The van der Waals surface area contributed by atoms with Crippen molar-refractivity contribution < 1.29 is 32.8 Å². The van der Waals surface area contributed by atoms with Crippen LogP contribution in [0.15, 0.2) is 47.5 Å². The smallest absolute Gasteiger partial charge is 1.00 e. The molecule has 5 heteroatoms. The molecule has 2 unspecified atom stereocenters. The van der Waals surface area contributed by atoms with Crippen LogP contribution < -0.4 is 12.4 Å². The van der Waals surface area contributed by atoms with Crippen molar-refractivity contribution in [3.05, 3.63) is 79.6 Å². The van der Waals surface area contributed by atoms with E-state index in [9.17, 15) is 0 Å². The molecule has 6 rings (SSSR count). The second-order valence-electron chi connectivity index (χ2n) is 12.5. The number of aryl methyl sites for hydroxylation is 2. The van der Waals surface area contributed by atoms with E-state index in [1.807, 2.05) is 0 Å². The molecule has 0 fully saturated rings. The van der Waals surface area contributed by atoms with E-state index >= 15 is 0 Å². The molecule has 0 radical (unpaired) electrons. The van der Waals surface area contributed by atoms with E-state index in [4.69, 9.17) is 0 Å². The molecule has 0 N–H and O–H groups in total. The normalized spacial score (nSPS) is 18.0. The van der Waals surface area contributed by atoms with Crippen LogP contribution in [-0.2, 0) is 33.2 Å². The molecule has 2 atom stereocenters. The van der Waals surface area contributed by atoms with Crippen LogP contribution in [-0.4, -0.2) is 5.43 Å². The Hall–Kier alpha value is -0.770.